The molecule has 1 aliphatic rings. The summed E-state index contributed by atoms with van der Waals surface area (Å²) in [5.74, 6) is 1.54. The van der Waals surface area contributed by atoms with E-state index in [0.717, 1.165) is 32.3 Å². The van der Waals surface area contributed by atoms with Gasteiger partial charge in [-0.3, -0.25) is 9.36 Å². The zero-order valence-corrected chi connectivity index (χ0v) is 22.6. The number of anilines is 1. The molecule has 3 aromatic heterocycles. The second-order valence-corrected chi connectivity index (χ2v) is 10.9. The van der Waals surface area contributed by atoms with Crippen LogP contribution >= 0.6 is 34.7 Å². The van der Waals surface area contributed by atoms with Crippen LogP contribution in [0.15, 0.2) is 87.9 Å². The highest BCUT2D eigenvalue weighted by molar-refractivity contribution is 7.98. The SMILES string of the molecule is O=C(c1coc(CSc2nnc(-c3cccs3)n2-c2ccccc2)n1)N1CCN(c2ccccc2Cl)CC1. The summed E-state index contributed by atoms with van der Waals surface area (Å²) in [6, 6.07) is 21.8. The van der Waals surface area contributed by atoms with Gasteiger partial charge in [-0.1, -0.05) is 59.8 Å². The van der Waals surface area contributed by atoms with Crippen LogP contribution in [0.5, 0.6) is 0 Å². The van der Waals surface area contributed by atoms with Gasteiger partial charge in [0.1, 0.15) is 6.26 Å². The minimum Gasteiger partial charge on any atom is -0.447 e. The Balaban J connectivity index is 1.12. The first-order valence-corrected chi connectivity index (χ1v) is 14.3. The second-order valence-electron chi connectivity index (χ2n) is 8.60. The average Bonchev–Trinajstić information content (AvgIpc) is 3.73. The Morgan fingerprint density at radius 1 is 0.974 bits per heavy atom. The molecule has 0 spiro atoms. The van der Waals surface area contributed by atoms with E-state index in [9.17, 15) is 4.79 Å². The van der Waals surface area contributed by atoms with Gasteiger partial charge in [-0.2, -0.15) is 0 Å². The van der Waals surface area contributed by atoms with Crippen LogP contribution in [0.3, 0.4) is 0 Å². The van der Waals surface area contributed by atoms with Crippen LogP contribution in [0.4, 0.5) is 5.69 Å². The number of piperazine rings is 1. The van der Waals surface area contributed by atoms with E-state index in [-0.39, 0.29) is 5.91 Å². The Labute approximate surface area is 232 Å². The molecule has 0 radical (unpaired) electrons. The van der Waals surface area contributed by atoms with Gasteiger partial charge in [0.15, 0.2) is 16.7 Å². The number of rotatable bonds is 7. The van der Waals surface area contributed by atoms with Crippen LogP contribution in [0, 0.1) is 0 Å². The number of carbonyl (C=O) groups excluding carboxylic acids is 1. The van der Waals surface area contributed by atoms with Crippen molar-refractivity contribution in [1.29, 1.82) is 0 Å². The third-order valence-corrected chi connectivity index (χ3v) is 8.34. The standard InChI is InChI=1S/C27H23ClN6O2S2/c28-20-9-4-5-10-22(20)32-12-14-33(15-13-32)26(35)21-17-36-24(29-21)18-38-27-31-30-25(23-11-6-16-37-23)34(27)19-7-2-1-3-8-19/h1-11,16-17H,12-15,18H2. The highest BCUT2D eigenvalue weighted by atomic mass is 35.5. The van der Waals surface area contributed by atoms with E-state index in [4.69, 9.17) is 16.0 Å². The molecule has 0 unspecified atom stereocenters. The molecule has 5 aromatic rings. The van der Waals surface area contributed by atoms with Gasteiger partial charge in [0.2, 0.25) is 5.89 Å². The summed E-state index contributed by atoms with van der Waals surface area (Å²) >= 11 is 9.43. The minimum absolute atomic E-state index is 0.128. The van der Waals surface area contributed by atoms with Gasteiger partial charge >= 0.3 is 0 Å². The fourth-order valence-corrected chi connectivity index (χ4v) is 6.12. The normalized spacial score (nSPS) is 13.7. The maximum Gasteiger partial charge on any atom is 0.275 e. The Hall–Kier alpha value is -3.60. The van der Waals surface area contributed by atoms with Gasteiger partial charge in [-0.05, 0) is 35.7 Å². The molecule has 1 amide bonds. The van der Waals surface area contributed by atoms with Crippen LogP contribution < -0.4 is 4.90 Å². The van der Waals surface area contributed by atoms with Crippen molar-refractivity contribution in [3.8, 4) is 16.4 Å². The van der Waals surface area contributed by atoms with Gasteiger partial charge in [0, 0.05) is 31.9 Å². The van der Waals surface area contributed by atoms with Crippen molar-refractivity contribution in [1.82, 2.24) is 24.6 Å². The summed E-state index contributed by atoms with van der Waals surface area (Å²) in [7, 11) is 0. The van der Waals surface area contributed by atoms with Gasteiger partial charge < -0.3 is 14.2 Å². The van der Waals surface area contributed by atoms with Gasteiger partial charge in [-0.15, -0.1) is 21.5 Å². The quantitative estimate of drug-likeness (QED) is 0.229. The van der Waals surface area contributed by atoms with E-state index in [0.29, 0.717) is 43.5 Å². The second kappa shape index (κ2) is 11.0. The van der Waals surface area contributed by atoms with Crippen molar-refractivity contribution in [3.05, 3.63) is 95.0 Å². The molecule has 8 nitrogen and oxygen atoms in total. The molecule has 0 N–H and O–H groups in total. The number of nitrogens with zero attached hydrogens (tertiary/aromatic N) is 6. The highest BCUT2D eigenvalue weighted by Crippen LogP contribution is 2.32. The predicted molar refractivity (Wildman–Crippen MR) is 150 cm³/mol. The first-order chi connectivity index (χ1) is 18.7. The monoisotopic (exact) mass is 562 g/mol. The predicted octanol–water partition coefficient (Wildman–Crippen LogP) is 5.89. The Morgan fingerprint density at radius 3 is 2.53 bits per heavy atom. The maximum absolute atomic E-state index is 13.1. The van der Waals surface area contributed by atoms with E-state index < -0.39 is 0 Å². The van der Waals surface area contributed by atoms with Crippen molar-refractivity contribution in [2.75, 3.05) is 31.1 Å². The maximum atomic E-state index is 13.1. The van der Waals surface area contributed by atoms with Gasteiger partial charge in [0.05, 0.1) is 21.3 Å². The lowest BCUT2D eigenvalue weighted by Crippen LogP contribution is -2.49. The zero-order chi connectivity index (χ0) is 25.9. The molecular weight excluding hydrogens is 540 g/mol. The van der Waals surface area contributed by atoms with Crippen LogP contribution in [0.2, 0.25) is 5.02 Å². The van der Waals surface area contributed by atoms with Crippen LogP contribution in [0.25, 0.3) is 16.4 Å². The summed E-state index contributed by atoms with van der Waals surface area (Å²) < 4.78 is 7.70. The van der Waals surface area contributed by atoms with Gasteiger partial charge in [-0.25, -0.2) is 4.98 Å². The summed E-state index contributed by atoms with van der Waals surface area (Å²) in [4.78, 5) is 22.6. The Kier molecular flexibility index (Phi) is 7.17. The third kappa shape index (κ3) is 5.07. The topological polar surface area (TPSA) is 80.3 Å². The van der Waals surface area contributed by atoms with E-state index in [1.165, 1.54) is 18.0 Å². The molecule has 4 heterocycles. The number of thiophene rings is 1. The summed E-state index contributed by atoms with van der Waals surface area (Å²) in [5.41, 5.74) is 2.28. The van der Waals surface area contributed by atoms with E-state index in [1.807, 2.05) is 76.7 Å². The molecule has 6 rings (SSSR count). The van der Waals surface area contributed by atoms with E-state index >= 15 is 0 Å². The average molecular weight is 563 g/mol. The molecule has 192 valence electrons. The Morgan fingerprint density at radius 2 is 1.76 bits per heavy atom. The molecule has 0 bridgehead atoms. The van der Waals surface area contributed by atoms with Crippen molar-refractivity contribution in [2.24, 2.45) is 0 Å². The van der Waals surface area contributed by atoms with Crippen LogP contribution in [0.1, 0.15) is 16.4 Å². The van der Waals surface area contributed by atoms with Crippen molar-refractivity contribution < 1.29 is 9.21 Å². The number of oxazole rings is 1. The van der Waals surface area contributed by atoms with E-state index in [2.05, 4.69) is 20.1 Å². The molecule has 0 atom stereocenters. The van der Waals surface area contributed by atoms with Gasteiger partial charge in [0.25, 0.3) is 5.91 Å². The molecule has 0 saturated carbocycles. The van der Waals surface area contributed by atoms with Crippen LogP contribution in [-0.2, 0) is 5.75 Å². The lowest BCUT2D eigenvalue weighted by Gasteiger charge is -2.36. The zero-order valence-electron chi connectivity index (χ0n) is 20.2. The molecule has 1 aliphatic heterocycles. The molecule has 2 aromatic carbocycles. The molecule has 1 saturated heterocycles. The van der Waals surface area contributed by atoms with Crippen molar-refractivity contribution >= 4 is 46.3 Å². The number of hydrogen-bond acceptors (Lipinski definition) is 8. The first-order valence-electron chi connectivity index (χ1n) is 12.1. The molecule has 0 aliphatic carbocycles. The number of para-hydroxylation sites is 2. The summed E-state index contributed by atoms with van der Waals surface area (Å²) in [5, 5.41) is 12.4. The van der Waals surface area contributed by atoms with Crippen molar-refractivity contribution in [2.45, 2.75) is 10.9 Å². The number of thioether (sulfide) groups is 1. The molecular formula is C27H23ClN6O2S2. The number of benzene rings is 2. The van der Waals surface area contributed by atoms with E-state index in [1.54, 1.807) is 16.2 Å². The third-order valence-electron chi connectivity index (χ3n) is 6.24. The number of halogens is 1. The summed E-state index contributed by atoms with van der Waals surface area (Å²) in [6.07, 6.45) is 1.44. The van der Waals surface area contributed by atoms with Crippen molar-refractivity contribution in [3.63, 3.8) is 0 Å². The first kappa shape index (κ1) is 24.7. The smallest absolute Gasteiger partial charge is 0.275 e. The number of aromatic nitrogens is 4. The Bertz CT molecular complexity index is 1530. The van der Waals surface area contributed by atoms with Crippen LogP contribution in [-0.4, -0.2) is 56.7 Å². The largest absolute Gasteiger partial charge is 0.447 e. The highest BCUT2D eigenvalue weighted by Gasteiger charge is 2.26. The number of amides is 1. The molecule has 1 fully saturated rings. The fraction of sp³-hybridized carbons (Fsp3) is 0.185. The fourth-order valence-electron chi connectivity index (χ4n) is 4.36. The molecule has 11 heteroatoms. The minimum atomic E-state index is -0.128. The number of hydrogen-bond donors (Lipinski definition) is 0. The summed E-state index contributed by atoms with van der Waals surface area (Å²) in [6.45, 7) is 2.59. The number of carbonyl (C=O) groups is 1. The molecule has 38 heavy (non-hydrogen) atoms. The lowest BCUT2D eigenvalue weighted by molar-refractivity contribution is 0.0741. The lowest BCUT2D eigenvalue weighted by atomic mass is 10.2.